The average molecular weight is 168 g/mol. The fraction of sp³-hybridized carbons (Fsp3) is 0.700. The van der Waals surface area contributed by atoms with Gasteiger partial charge in [-0.25, -0.2) is 4.79 Å². The van der Waals surface area contributed by atoms with Gasteiger partial charge in [0, 0.05) is 5.57 Å². The van der Waals surface area contributed by atoms with Gasteiger partial charge in [-0.05, 0) is 18.8 Å². The van der Waals surface area contributed by atoms with E-state index >= 15 is 0 Å². The van der Waals surface area contributed by atoms with Crippen molar-refractivity contribution in [1.29, 1.82) is 0 Å². The van der Waals surface area contributed by atoms with Crippen molar-refractivity contribution < 1.29 is 9.53 Å². The van der Waals surface area contributed by atoms with Crippen LogP contribution in [0.3, 0.4) is 0 Å². The predicted molar refractivity (Wildman–Crippen MR) is 47.7 cm³/mol. The SMILES string of the molecule is C=C1CCC(C(C)CC)OC1=O. The van der Waals surface area contributed by atoms with Crippen molar-refractivity contribution >= 4 is 5.97 Å². The van der Waals surface area contributed by atoms with E-state index in [2.05, 4.69) is 20.4 Å². The van der Waals surface area contributed by atoms with Crippen LogP contribution in [0.2, 0.25) is 0 Å². The van der Waals surface area contributed by atoms with Crippen LogP contribution < -0.4 is 0 Å². The molecule has 1 aliphatic rings. The van der Waals surface area contributed by atoms with E-state index in [1.54, 1.807) is 0 Å². The molecule has 0 aliphatic carbocycles. The zero-order chi connectivity index (χ0) is 9.14. The Bertz CT molecular complexity index is 196. The molecule has 0 bridgehead atoms. The Labute approximate surface area is 73.6 Å². The number of carbonyl (C=O) groups excluding carboxylic acids is 1. The smallest absolute Gasteiger partial charge is 0.333 e. The molecule has 0 aromatic carbocycles. The van der Waals surface area contributed by atoms with Gasteiger partial charge in [-0.1, -0.05) is 26.8 Å². The number of ether oxygens (including phenoxy) is 1. The van der Waals surface area contributed by atoms with Crippen LogP contribution in [-0.2, 0) is 9.53 Å². The summed E-state index contributed by atoms with van der Waals surface area (Å²) in [5.74, 6) is 0.272. The van der Waals surface area contributed by atoms with Crippen molar-refractivity contribution in [3.8, 4) is 0 Å². The van der Waals surface area contributed by atoms with Gasteiger partial charge in [0.2, 0.25) is 0 Å². The Balaban J connectivity index is 2.50. The minimum absolute atomic E-state index is 0.119. The van der Waals surface area contributed by atoms with Gasteiger partial charge in [-0.15, -0.1) is 0 Å². The molecule has 2 unspecified atom stereocenters. The lowest BCUT2D eigenvalue weighted by Crippen LogP contribution is -2.30. The van der Waals surface area contributed by atoms with E-state index in [9.17, 15) is 4.79 Å². The molecule has 0 aromatic heterocycles. The summed E-state index contributed by atoms with van der Waals surface area (Å²) in [6.07, 6.45) is 2.92. The number of carbonyl (C=O) groups is 1. The highest BCUT2D eigenvalue weighted by Crippen LogP contribution is 2.24. The van der Waals surface area contributed by atoms with Gasteiger partial charge >= 0.3 is 5.97 Å². The minimum atomic E-state index is -0.202. The highest BCUT2D eigenvalue weighted by molar-refractivity contribution is 5.88. The molecule has 2 atom stereocenters. The second-order valence-electron chi connectivity index (χ2n) is 3.47. The molecule has 1 saturated heterocycles. The first-order valence-corrected chi connectivity index (χ1v) is 4.54. The quantitative estimate of drug-likeness (QED) is 0.467. The zero-order valence-electron chi connectivity index (χ0n) is 7.80. The molecule has 0 radical (unpaired) electrons. The molecule has 2 nitrogen and oxygen atoms in total. The standard InChI is InChI=1S/C10H16O2/c1-4-7(2)9-6-5-8(3)10(11)12-9/h7,9H,3-6H2,1-2H3. The summed E-state index contributed by atoms with van der Waals surface area (Å²) in [7, 11) is 0. The molecule has 0 spiro atoms. The van der Waals surface area contributed by atoms with Gasteiger partial charge in [0.1, 0.15) is 6.10 Å². The lowest BCUT2D eigenvalue weighted by Gasteiger charge is -2.27. The van der Waals surface area contributed by atoms with Crippen LogP contribution >= 0.6 is 0 Å². The average Bonchev–Trinajstić information content (AvgIpc) is 2.08. The number of hydrogen-bond acceptors (Lipinski definition) is 2. The topological polar surface area (TPSA) is 26.3 Å². The molecule has 1 aliphatic heterocycles. The van der Waals surface area contributed by atoms with Gasteiger partial charge in [-0.3, -0.25) is 0 Å². The number of esters is 1. The van der Waals surface area contributed by atoms with Gasteiger partial charge in [0.05, 0.1) is 0 Å². The molecule has 2 heteroatoms. The molecule has 0 aromatic rings. The number of hydrogen-bond donors (Lipinski definition) is 0. The molecule has 1 fully saturated rings. The Kier molecular flexibility index (Phi) is 2.90. The number of cyclic esters (lactones) is 1. The second-order valence-corrected chi connectivity index (χ2v) is 3.47. The van der Waals surface area contributed by atoms with E-state index < -0.39 is 0 Å². The normalized spacial score (nSPS) is 26.7. The maximum absolute atomic E-state index is 11.1. The summed E-state index contributed by atoms with van der Waals surface area (Å²) in [6, 6.07) is 0. The van der Waals surface area contributed by atoms with E-state index in [-0.39, 0.29) is 12.1 Å². The van der Waals surface area contributed by atoms with E-state index in [1.807, 2.05) is 0 Å². The predicted octanol–water partition coefficient (Wildman–Crippen LogP) is 2.29. The summed E-state index contributed by atoms with van der Waals surface area (Å²) >= 11 is 0. The van der Waals surface area contributed by atoms with Crippen LogP contribution in [0.4, 0.5) is 0 Å². The fourth-order valence-corrected chi connectivity index (χ4v) is 1.36. The molecule has 68 valence electrons. The Morgan fingerprint density at radius 2 is 2.42 bits per heavy atom. The first-order valence-electron chi connectivity index (χ1n) is 4.54. The summed E-state index contributed by atoms with van der Waals surface area (Å²) in [5, 5.41) is 0. The maximum atomic E-state index is 11.1. The fourth-order valence-electron chi connectivity index (χ4n) is 1.36. The number of rotatable bonds is 2. The summed E-state index contributed by atoms with van der Waals surface area (Å²) in [6.45, 7) is 7.87. The van der Waals surface area contributed by atoms with Crippen molar-refractivity contribution in [3.63, 3.8) is 0 Å². The van der Waals surface area contributed by atoms with E-state index in [0.29, 0.717) is 11.5 Å². The molecular weight excluding hydrogens is 152 g/mol. The Morgan fingerprint density at radius 1 is 1.75 bits per heavy atom. The summed E-state index contributed by atoms with van der Waals surface area (Å²) in [5.41, 5.74) is 0.620. The molecule has 12 heavy (non-hydrogen) atoms. The third kappa shape index (κ3) is 1.87. The van der Waals surface area contributed by atoms with Crippen LogP contribution in [0, 0.1) is 5.92 Å². The highest BCUT2D eigenvalue weighted by Gasteiger charge is 2.26. The zero-order valence-corrected chi connectivity index (χ0v) is 7.80. The van der Waals surface area contributed by atoms with Crippen LogP contribution in [-0.4, -0.2) is 12.1 Å². The second kappa shape index (κ2) is 3.74. The molecule has 0 N–H and O–H groups in total. The van der Waals surface area contributed by atoms with Crippen LogP contribution in [0.5, 0.6) is 0 Å². The van der Waals surface area contributed by atoms with E-state index in [4.69, 9.17) is 4.74 Å². The van der Waals surface area contributed by atoms with Crippen molar-refractivity contribution in [1.82, 2.24) is 0 Å². The molecule has 1 heterocycles. The van der Waals surface area contributed by atoms with Gasteiger partial charge in [0.15, 0.2) is 0 Å². The van der Waals surface area contributed by atoms with Gasteiger partial charge in [0.25, 0.3) is 0 Å². The van der Waals surface area contributed by atoms with E-state index in [1.165, 1.54) is 0 Å². The van der Waals surface area contributed by atoms with Crippen molar-refractivity contribution in [2.24, 2.45) is 5.92 Å². The lowest BCUT2D eigenvalue weighted by molar-refractivity contribution is -0.150. The maximum Gasteiger partial charge on any atom is 0.333 e. The van der Waals surface area contributed by atoms with Crippen molar-refractivity contribution in [2.75, 3.05) is 0 Å². The monoisotopic (exact) mass is 168 g/mol. The summed E-state index contributed by atoms with van der Waals surface area (Å²) in [4.78, 5) is 11.1. The van der Waals surface area contributed by atoms with E-state index in [0.717, 1.165) is 19.3 Å². The van der Waals surface area contributed by atoms with Crippen LogP contribution in [0.15, 0.2) is 12.2 Å². The first kappa shape index (κ1) is 9.30. The largest absolute Gasteiger partial charge is 0.459 e. The third-order valence-corrected chi connectivity index (χ3v) is 2.56. The lowest BCUT2D eigenvalue weighted by atomic mass is 9.94. The molecular formula is C10H16O2. The molecule has 0 saturated carbocycles. The van der Waals surface area contributed by atoms with Gasteiger partial charge < -0.3 is 4.74 Å². The van der Waals surface area contributed by atoms with Crippen LogP contribution in [0.25, 0.3) is 0 Å². The Morgan fingerprint density at radius 3 is 2.92 bits per heavy atom. The van der Waals surface area contributed by atoms with Crippen LogP contribution in [0.1, 0.15) is 33.1 Å². The molecule has 0 amide bonds. The summed E-state index contributed by atoms with van der Waals surface area (Å²) < 4.78 is 5.21. The van der Waals surface area contributed by atoms with Crippen molar-refractivity contribution in [3.05, 3.63) is 12.2 Å². The third-order valence-electron chi connectivity index (χ3n) is 2.56. The minimum Gasteiger partial charge on any atom is -0.459 e. The highest BCUT2D eigenvalue weighted by atomic mass is 16.5. The van der Waals surface area contributed by atoms with Crippen molar-refractivity contribution in [2.45, 2.75) is 39.2 Å². The molecule has 1 rings (SSSR count). The Hall–Kier alpha value is -0.790. The first-order chi connectivity index (χ1) is 5.65. The van der Waals surface area contributed by atoms with Gasteiger partial charge in [-0.2, -0.15) is 0 Å².